The monoisotopic (exact) mass is 327 g/mol. The van der Waals surface area contributed by atoms with E-state index >= 15 is 0 Å². The highest BCUT2D eigenvalue weighted by molar-refractivity contribution is 8.44. The third kappa shape index (κ3) is 2.40. The minimum Gasteiger partial charge on any atom is -0.139 e. The van der Waals surface area contributed by atoms with E-state index in [-0.39, 0.29) is 0 Å². The summed E-state index contributed by atoms with van der Waals surface area (Å²) in [6.07, 6.45) is 0. The highest BCUT2D eigenvalue weighted by atomic mass is 32.9. The molecule has 2 nitrogen and oxygen atoms in total. The summed E-state index contributed by atoms with van der Waals surface area (Å²) in [6.45, 7) is 0. The first-order valence-electron chi connectivity index (χ1n) is 6.84. The van der Waals surface area contributed by atoms with Crippen LogP contribution in [0.2, 0.25) is 0 Å². The van der Waals surface area contributed by atoms with E-state index < -0.39 is 17.9 Å². The second-order valence-electron chi connectivity index (χ2n) is 4.70. The van der Waals surface area contributed by atoms with Gasteiger partial charge in [-0.05, 0) is 36.4 Å². The fraction of sp³-hybridized carbons (Fsp3) is 0. The maximum absolute atomic E-state index is 12.5. The van der Waals surface area contributed by atoms with Gasteiger partial charge in [0.2, 0.25) is 0 Å². The van der Waals surface area contributed by atoms with Gasteiger partial charge in [0.15, 0.2) is 0 Å². The van der Waals surface area contributed by atoms with Crippen LogP contribution in [0.3, 0.4) is 0 Å². The summed E-state index contributed by atoms with van der Waals surface area (Å²) >= 11 is 0. The highest BCUT2D eigenvalue weighted by Crippen LogP contribution is 2.37. The number of hydrogen-bond donors (Lipinski definition) is 0. The van der Waals surface area contributed by atoms with Gasteiger partial charge < -0.3 is 0 Å². The van der Waals surface area contributed by atoms with E-state index in [9.17, 15) is 8.42 Å². The Balaban J connectivity index is 2.50. The molecule has 22 heavy (non-hydrogen) atoms. The lowest BCUT2D eigenvalue weighted by Gasteiger charge is -2.15. The van der Waals surface area contributed by atoms with E-state index in [1.54, 1.807) is 0 Å². The van der Waals surface area contributed by atoms with Gasteiger partial charge in [-0.3, -0.25) is 0 Å². The summed E-state index contributed by atoms with van der Waals surface area (Å²) in [5.41, 5.74) is 0. The van der Waals surface area contributed by atoms with Gasteiger partial charge >= 0.3 is 9.26 Å². The maximum Gasteiger partial charge on any atom is 0.369 e. The summed E-state index contributed by atoms with van der Waals surface area (Å²) in [6, 6.07) is 28.4. The van der Waals surface area contributed by atoms with Crippen LogP contribution in [0.4, 0.5) is 0 Å². The van der Waals surface area contributed by atoms with Crippen LogP contribution in [-0.2, 0) is 17.9 Å². The van der Waals surface area contributed by atoms with E-state index in [0.29, 0.717) is 0 Å². The first kappa shape index (κ1) is 14.8. The number of hydrogen-bond acceptors (Lipinski definition) is 2. The lowest BCUT2D eigenvalue weighted by atomic mass is 10.4. The zero-order valence-electron chi connectivity index (χ0n) is 11.8. The minimum atomic E-state index is -2.33. The molecule has 0 radical (unpaired) electrons. The normalized spacial score (nSPS) is 11.1. The largest absolute Gasteiger partial charge is 0.369 e. The van der Waals surface area contributed by atoms with Crippen molar-refractivity contribution < 1.29 is 8.42 Å². The van der Waals surface area contributed by atoms with Crippen LogP contribution in [0.25, 0.3) is 0 Å². The van der Waals surface area contributed by atoms with Crippen molar-refractivity contribution in [2.24, 2.45) is 0 Å². The van der Waals surface area contributed by atoms with Crippen LogP contribution in [0.15, 0.2) is 106 Å². The molecule has 0 fully saturated rings. The Morgan fingerprint density at radius 1 is 0.500 bits per heavy atom. The molecule has 0 unspecified atom stereocenters. The molecule has 0 aliphatic heterocycles. The van der Waals surface area contributed by atoms with Gasteiger partial charge in [-0.2, -0.15) is 0 Å². The molecule has 0 atom stereocenters. The Kier molecular flexibility index (Phi) is 4.22. The predicted molar refractivity (Wildman–Crippen MR) is 90.4 cm³/mol. The topological polar surface area (TPSA) is 34.1 Å². The predicted octanol–water partition coefficient (Wildman–Crippen LogP) is 4.11. The molecule has 4 heteroatoms. The molecule has 0 saturated carbocycles. The molecule has 0 bridgehead atoms. The van der Waals surface area contributed by atoms with Crippen molar-refractivity contribution in [3.63, 3.8) is 0 Å². The van der Waals surface area contributed by atoms with Gasteiger partial charge in [-0.15, -0.1) is 8.42 Å². The van der Waals surface area contributed by atoms with Gasteiger partial charge in [0, 0.05) is 0 Å². The Labute approximate surface area is 132 Å². The van der Waals surface area contributed by atoms with Crippen molar-refractivity contribution in [1.29, 1.82) is 0 Å². The van der Waals surface area contributed by atoms with Gasteiger partial charge in [0.25, 0.3) is 0 Å². The van der Waals surface area contributed by atoms with E-state index in [1.807, 2.05) is 91.0 Å². The fourth-order valence-electron chi connectivity index (χ4n) is 2.48. The molecule has 0 N–H and O–H groups in total. The van der Waals surface area contributed by atoms with Crippen LogP contribution in [0, 0.1) is 0 Å². The molecular weight excluding hydrogens is 312 g/mol. The van der Waals surface area contributed by atoms with Gasteiger partial charge in [0.1, 0.15) is 14.7 Å². The van der Waals surface area contributed by atoms with Crippen LogP contribution in [0.1, 0.15) is 0 Å². The molecule has 0 saturated heterocycles. The zero-order chi connectivity index (χ0) is 15.4. The van der Waals surface area contributed by atoms with Gasteiger partial charge in [0.05, 0.1) is 8.59 Å². The Morgan fingerprint density at radius 2 is 0.773 bits per heavy atom. The average Bonchev–Trinajstić information content (AvgIpc) is 2.58. The zero-order valence-corrected chi connectivity index (χ0v) is 13.4. The molecule has 0 aliphatic rings. The molecule has 3 aromatic rings. The summed E-state index contributed by atoms with van der Waals surface area (Å²) in [7, 11) is -4.61. The van der Waals surface area contributed by atoms with E-state index in [4.69, 9.17) is 0 Å². The molecule has 3 rings (SSSR count). The summed E-state index contributed by atoms with van der Waals surface area (Å²) in [4.78, 5) is 2.46. The quantitative estimate of drug-likeness (QED) is 0.678. The van der Waals surface area contributed by atoms with Gasteiger partial charge in [-0.25, -0.2) is 0 Å². The second kappa shape index (κ2) is 6.30. The Morgan fingerprint density at radius 3 is 1.00 bits per heavy atom. The Hall–Kier alpha value is -2.17. The van der Waals surface area contributed by atoms with E-state index in [2.05, 4.69) is 0 Å². The lowest BCUT2D eigenvalue weighted by molar-refractivity contribution is 0.628. The summed E-state index contributed by atoms with van der Waals surface area (Å²) < 4.78 is 24.9. The van der Waals surface area contributed by atoms with Crippen molar-refractivity contribution in [3.05, 3.63) is 91.0 Å². The molecule has 0 spiro atoms. The third-order valence-electron chi connectivity index (χ3n) is 3.43. The summed E-state index contributed by atoms with van der Waals surface area (Å²) in [5, 5.41) is 0. The molecule has 0 aromatic heterocycles. The number of rotatable bonds is 3. The van der Waals surface area contributed by atoms with Gasteiger partial charge in [-0.1, -0.05) is 54.6 Å². The molecule has 0 amide bonds. The van der Waals surface area contributed by atoms with Crippen molar-refractivity contribution in [1.82, 2.24) is 0 Å². The minimum absolute atomic E-state index is 0.820. The van der Waals surface area contributed by atoms with Crippen LogP contribution in [-0.4, -0.2) is 8.42 Å². The SMILES string of the molecule is O=S(=O)=[S+](c1ccccc1)(c1ccccc1)c1ccccc1. The lowest BCUT2D eigenvalue weighted by Crippen LogP contribution is -2.14. The van der Waals surface area contributed by atoms with Crippen molar-refractivity contribution >= 4 is 17.9 Å². The average molecular weight is 327 g/mol. The van der Waals surface area contributed by atoms with Crippen LogP contribution < -0.4 is 0 Å². The fourth-order valence-corrected chi connectivity index (χ4v) is 7.80. The molecule has 0 aliphatic carbocycles. The van der Waals surface area contributed by atoms with Crippen molar-refractivity contribution in [3.8, 4) is 0 Å². The first-order valence-corrected chi connectivity index (χ1v) is 10.1. The molecular formula is C18H15O2S2+. The second-order valence-corrected chi connectivity index (χ2v) is 9.95. The van der Waals surface area contributed by atoms with E-state index in [1.165, 1.54) is 0 Å². The van der Waals surface area contributed by atoms with Crippen LogP contribution in [0.5, 0.6) is 0 Å². The highest BCUT2D eigenvalue weighted by Gasteiger charge is 2.36. The van der Waals surface area contributed by atoms with Crippen molar-refractivity contribution in [2.45, 2.75) is 14.7 Å². The first-order chi connectivity index (χ1) is 10.8. The maximum atomic E-state index is 12.5. The summed E-state index contributed by atoms with van der Waals surface area (Å²) in [5.74, 6) is 0. The number of benzene rings is 3. The Bertz CT molecular complexity index is 805. The van der Waals surface area contributed by atoms with E-state index in [0.717, 1.165) is 14.7 Å². The standard InChI is InChI=1S/C18H15O2S2/c19-21(20)22(16-10-4-1-5-11-16,17-12-6-2-7-13-17)18-14-8-3-9-15-18/h1-15H/q+1. The molecule has 3 aromatic carbocycles. The van der Waals surface area contributed by atoms with Crippen LogP contribution >= 0.6 is 0 Å². The van der Waals surface area contributed by atoms with Crippen molar-refractivity contribution in [2.75, 3.05) is 0 Å². The smallest absolute Gasteiger partial charge is 0.139 e. The molecule has 110 valence electrons. The third-order valence-corrected chi connectivity index (χ3v) is 9.60. The molecule has 0 heterocycles.